The number of ketones is 1. The van der Waals surface area contributed by atoms with Crippen LogP contribution in [0.5, 0.6) is 11.5 Å². The first-order valence-electron chi connectivity index (χ1n) is 13.6. The van der Waals surface area contributed by atoms with Gasteiger partial charge < -0.3 is 30.0 Å². The van der Waals surface area contributed by atoms with E-state index in [9.17, 15) is 23.9 Å². The van der Waals surface area contributed by atoms with Gasteiger partial charge in [-0.3, -0.25) is 14.4 Å². The molecule has 0 spiro atoms. The molecule has 0 radical (unpaired) electrons. The molecule has 0 bridgehead atoms. The van der Waals surface area contributed by atoms with E-state index in [1.807, 2.05) is 20.8 Å². The molecule has 0 aliphatic heterocycles. The van der Waals surface area contributed by atoms with E-state index in [2.05, 4.69) is 10.6 Å². The topological polar surface area (TPSA) is 123 Å². The van der Waals surface area contributed by atoms with Crippen molar-refractivity contribution >= 4 is 17.6 Å². The Morgan fingerprint density at radius 3 is 2.28 bits per heavy atom. The summed E-state index contributed by atoms with van der Waals surface area (Å²) in [6.45, 7) is 7.83. The lowest BCUT2D eigenvalue weighted by Crippen LogP contribution is -2.45. The maximum Gasteiger partial charge on any atom is 0.255 e. The number of halogens is 1. The molecular weight excluding hydrogens is 507 g/mol. The van der Waals surface area contributed by atoms with Gasteiger partial charge in [-0.2, -0.15) is 0 Å². The first kappa shape index (κ1) is 30.8. The van der Waals surface area contributed by atoms with Crippen molar-refractivity contribution in [3.63, 3.8) is 0 Å². The van der Waals surface area contributed by atoms with Crippen molar-refractivity contribution in [3.05, 3.63) is 23.5 Å². The SMILES string of the molecule is COc1cc(F)c(O[C@H]2CC[C@@](CO)(C(C)=O)CC2)cc1C(=O)N[C@@H]1C[C@@H](OC)C[C@@H]1C(=O)NCC(C)(C)C. The highest BCUT2D eigenvalue weighted by atomic mass is 19.1. The lowest BCUT2D eigenvalue weighted by atomic mass is 9.71. The van der Waals surface area contributed by atoms with E-state index in [0.29, 0.717) is 45.1 Å². The lowest BCUT2D eigenvalue weighted by Gasteiger charge is -2.36. The van der Waals surface area contributed by atoms with Gasteiger partial charge in [-0.1, -0.05) is 20.8 Å². The molecule has 2 aliphatic carbocycles. The summed E-state index contributed by atoms with van der Waals surface area (Å²) in [6.07, 6.45) is 2.22. The number of nitrogens with one attached hydrogen (secondary N) is 2. The fourth-order valence-corrected chi connectivity index (χ4v) is 5.40. The molecule has 218 valence electrons. The minimum absolute atomic E-state index is 0.0480. The maximum atomic E-state index is 14.9. The molecular formula is C29H43FN2O7. The maximum absolute atomic E-state index is 14.9. The summed E-state index contributed by atoms with van der Waals surface area (Å²) in [7, 11) is 2.93. The van der Waals surface area contributed by atoms with Crippen LogP contribution < -0.4 is 20.1 Å². The van der Waals surface area contributed by atoms with Crippen LogP contribution >= 0.6 is 0 Å². The van der Waals surface area contributed by atoms with Crippen LogP contribution in [0.15, 0.2) is 12.1 Å². The van der Waals surface area contributed by atoms with Crippen LogP contribution in [0.2, 0.25) is 0 Å². The number of hydrogen-bond donors (Lipinski definition) is 3. The Morgan fingerprint density at radius 2 is 1.74 bits per heavy atom. The average molecular weight is 551 g/mol. The Labute approximate surface area is 230 Å². The summed E-state index contributed by atoms with van der Waals surface area (Å²) >= 11 is 0. The summed E-state index contributed by atoms with van der Waals surface area (Å²) < 4.78 is 31.7. The standard InChI is InChI=1S/C29H43FN2O7/c1-17(34)29(16-33)9-7-18(8-10-29)39-25-13-21(24(38-6)14-22(25)30)27(36)32-23-12-19(37-5)11-20(23)26(35)31-15-28(2,3)4/h13-14,18-20,23,33H,7-12,15-16H2,1-6H3,(H,31,35)(H,32,36)/t18-,19-,20-,23+,29+/m0/s1. The number of ether oxygens (including phenoxy) is 3. The smallest absolute Gasteiger partial charge is 0.255 e. The van der Waals surface area contributed by atoms with Crippen LogP contribution in [0.4, 0.5) is 4.39 Å². The number of hydrogen-bond acceptors (Lipinski definition) is 7. The molecule has 3 atom stereocenters. The second-order valence-corrected chi connectivity index (χ2v) is 12.1. The van der Waals surface area contributed by atoms with E-state index < -0.39 is 29.1 Å². The Balaban J connectivity index is 1.75. The quantitative estimate of drug-likeness (QED) is 0.408. The zero-order valence-electron chi connectivity index (χ0n) is 23.9. The third kappa shape index (κ3) is 7.48. The molecule has 3 N–H and O–H groups in total. The van der Waals surface area contributed by atoms with Crippen molar-refractivity contribution in [1.82, 2.24) is 10.6 Å². The normalized spacial score (nSPS) is 27.1. The van der Waals surface area contributed by atoms with Crippen LogP contribution in [0, 0.1) is 22.6 Å². The predicted octanol–water partition coefficient (Wildman–Crippen LogP) is 3.41. The number of aliphatic hydroxyl groups excluding tert-OH is 1. The lowest BCUT2D eigenvalue weighted by molar-refractivity contribution is -0.132. The highest BCUT2D eigenvalue weighted by molar-refractivity contribution is 5.98. The van der Waals surface area contributed by atoms with E-state index in [-0.39, 0.29) is 53.0 Å². The molecule has 2 aliphatic rings. The second kappa shape index (κ2) is 12.6. The van der Waals surface area contributed by atoms with Gasteiger partial charge in [-0.25, -0.2) is 4.39 Å². The summed E-state index contributed by atoms with van der Waals surface area (Å²) in [5.41, 5.74) is -0.775. The number of aliphatic hydroxyl groups is 1. The van der Waals surface area contributed by atoms with Gasteiger partial charge in [0.25, 0.3) is 5.91 Å². The third-order valence-electron chi connectivity index (χ3n) is 8.03. The molecule has 0 unspecified atom stereocenters. The van der Waals surface area contributed by atoms with Crippen molar-refractivity contribution < 1.29 is 38.1 Å². The molecule has 1 aromatic rings. The van der Waals surface area contributed by atoms with Gasteiger partial charge in [-0.15, -0.1) is 0 Å². The average Bonchev–Trinajstić information content (AvgIpc) is 3.30. The van der Waals surface area contributed by atoms with E-state index in [1.165, 1.54) is 20.1 Å². The number of Topliss-reactive ketones (excluding diaryl/α,β-unsaturated/α-hetero) is 1. The highest BCUT2D eigenvalue weighted by Gasteiger charge is 2.41. The number of amides is 2. The van der Waals surface area contributed by atoms with Gasteiger partial charge in [0, 0.05) is 25.8 Å². The summed E-state index contributed by atoms with van der Waals surface area (Å²) in [5.74, 6) is -1.91. The molecule has 3 rings (SSSR count). The van der Waals surface area contributed by atoms with Crippen molar-refractivity contribution in [1.29, 1.82) is 0 Å². The zero-order valence-corrected chi connectivity index (χ0v) is 23.9. The van der Waals surface area contributed by atoms with Crippen LogP contribution in [0.1, 0.15) is 76.6 Å². The number of rotatable bonds is 10. The minimum atomic E-state index is -0.777. The Kier molecular flexibility index (Phi) is 9.98. The van der Waals surface area contributed by atoms with Crippen LogP contribution in [0.25, 0.3) is 0 Å². The van der Waals surface area contributed by atoms with Crippen molar-refractivity contribution in [3.8, 4) is 11.5 Å². The fraction of sp³-hybridized carbons (Fsp3) is 0.690. The molecule has 0 heterocycles. The highest BCUT2D eigenvalue weighted by Crippen LogP contribution is 2.39. The molecule has 10 heteroatoms. The number of carbonyl (C=O) groups is 3. The molecule has 0 aromatic heterocycles. The van der Waals surface area contributed by atoms with Gasteiger partial charge in [0.05, 0.1) is 42.8 Å². The van der Waals surface area contributed by atoms with E-state index in [4.69, 9.17) is 14.2 Å². The Bertz CT molecular complexity index is 1050. The first-order chi connectivity index (χ1) is 18.3. The largest absolute Gasteiger partial charge is 0.496 e. The summed E-state index contributed by atoms with van der Waals surface area (Å²) in [5, 5.41) is 15.7. The van der Waals surface area contributed by atoms with Crippen molar-refractivity contribution in [2.45, 2.75) is 84.5 Å². The number of benzene rings is 1. The molecule has 2 fully saturated rings. The molecule has 1 aromatic carbocycles. The Hall–Kier alpha value is -2.72. The monoisotopic (exact) mass is 550 g/mol. The zero-order chi connectivity index (χ0) is 29.0. The first-order valence-corrected chi connectivity index (χ1v) is 13.6. The third-order valence-corrected chi connectivity index (χ3v) is 8.03. The van der Waals surface area contributed by atoms with Crippen LogP contribution in [0.3, 0.4) is 0 Å². The van der Waals surface area contributed by atoms with Gasteiger partial charge in [0.15, 0.2) is 11.6 Å². The van der Waals surface area contributed by atoms with Gasteiger partial charge in [0.1, 0.15) is 11.5 Å². The van der Waals surface area contributed by atoms with Gasteiger partial charge in [-0.05, 0) is 56.9 Å². The van der Waals surface area contributed by atoms with Crippen molar-refractivity contribution in [2.75, 3.05) is 27.4 Å². The fourth-order valence-electron chi connectivity index (χ4n) is 5.40. The second-order valence-electron chi connectivity index (χ2n) is 12.1. The minimum Gasteiger partial charge on any atom is -0.496 e. The van der Waals surface area contributed by atoms with E-state index >= 15 is 0 Å². The Morgan fingerprint density at radius 1 is 1.08 bits per heavy atom. The van der Waals surface area contributed by atoms with Crippen LogP contribution in [-0.4, -0.2) is 68.3 Å². The van der Waals surface area contributed by atoms with Gasteiger partial charge in [0.2, 0.25) is 5.91 Å². The number of methoxy groups -OCH3 is 2. The summed E-state index contributed by atoms with van der Waals surface area (Å²) in [4.78, 5) is 38.4. The van der Waals surface area contributed by atoms with E-state index in [1.54, 1.807) is 7.11 Å². The number of carbonyl (C=O) groups excluding carboxylic acids is 3. The summed E-state index contributed by atoms with van der Waals surface area (Å²) in [6, 6.07) is 1.96. The van der Waals surface area contributed by atoms with Crippen LogP contribution in [-0.2, 0) is 14.3 Å². The van der Waals surface area contributed by atoms with E-state index in [0.717, 1.165) is 6.07 Å². The van der Waals surface area contributed by atoms with Gasteiger partial charge >= 0.3 is 0 Å². The molecule has 39 heavy (non-hydrogen) atoms. The molecule has 0 saturated heterocycles. The molecule has 2 amide bonds. The predicted molar refractivity (Wildman–Crippen MR) is 143 cm³/mol. The molecule has 2 saturated carbocycles. The molecule has 9 nitrogen and oxygen atoms in total. The van der Waals surface area contributed by atoms with Crippen molar-refractivity contribution in [2.24, 2.45) is 16.7 Å².